The number of hydrogen-bond donors (Lipinski definition) is 0. The molecule has 0 aromatic carbocycles. The molecule has 0 saturated heterocycles. The van der Waals surface area contributed by atoms with E-state index < -0.39 is 0 Å². The molecule has 0 unspecified atom stereocenters. The number of hydrogen-bond acceptors (Lipinski definition) is 4. The Hall–Kier alpha value is -0.160. The second-order valence-electron chi connectivity index (χ2n) is 2.63. The topological polar surface area (TPSA) is 36.9 Å². The SMILES string of the molecule is COCCCCOCCOCOC. The monoisotopic (exact) mass is 192 g/mol. The molecule has 4 nitrogen and oxygen atoms in total. The van der Waals surface area contributed by atoms with E-state index in [1.54, 1.807) is 14.2 Å². The zero-order chi connectivity index (χ0) is 9.78. The summed E-state index contributed by atoms with van der Waals surface area (Å²) >= 11 is 0. The first-order valence-corrected chi connectivity index (χ1v) is 4.55. The van der Waals surface area contributed by atoms with Crippen LogP contribution in [-0.4, -0.2) is 47.4 Å². The fourth-order valence-corrected chi connectivity index (χ4v) is 0.813. The molecule has 0 bridgehead atoms. The summed E-state index contributed by atoms with van der Waals surface area (Å²) in [6.07, 6.45) is 2.09. The van der Waals surface area contributed by atoms with Gasteiger partial charge in [0.2, 0.25) is 0 Å². The molecule has 0 amide bonds. The first-order chi connectivity index (χ1) is 6.41. The molecule has 0 fully saturated rings. The fourth-order valence-electron chi connectivity index (χ4n) is 0.813. The quantitative estimate of drug-likeness (QED) is 0.383. The van der Waals surface area contributed by atoms with E-state index in [2.05, 4.69) is 0 Å². The number of rotatable bonds is 10. The van der Waals surface area contributed by atoms with Crippen LogP contribution in [0.2, 0.25) is 0 Å². The molecule has 0 aliphatic heterocycles. The molecule has 0 radical (unpaired) electrons. The molecule has 0 N–H and O–H groups in total. The summed E-state index contributed by atoms with van der Waals surface area (Å²) in [5.41, 5.74) is 0. The normalized spacial score (nSPS) is 10.6. The van der Waals surface area contributed by atoms with Crippen molar-refractivity contribution in [2.24, 2.45) is 0 Å². The van der Waals surface area contributed by atoms with Gasteiger partial charge in [-0.3, -0.25) is 0 Å². The number of ether oxygens (including phenoxy) is 4. The fraction of sp³-hybridized carbons (Fsp3) is 1.00. The summed E-state index contributed by atoms with van der Waals surface area (Å²) in [6, 6.07) is 0. The maximum Gasteiger partial charge on any atom is 0.146 e. The van der Waals surface area contributed by atoms with Crippen LogP contribution in [0.1, 0.15) is 12.8 Å². The third kappa shape index (κ3) is 11.8. The summed E-state index contributed by atoms with van der Waals surface area (Å²) in [7, 11) is 3.31. The van der Waals surface area contributed by atoms with E-state index in [4.69, 9.17) is 18.9 Å². The van der Waals surface area contributed by atoms with E-state index >= 15 is 0 Å². The van der Waals surface area contributed by atoms with Gasteiger partial charge in [-0.25, -0.2) is 0 Å². The summed E-state index contributed by atoms with van der Waals surface area (Å²) in [5, 5.41) is 0. The van der Waals surface area contributed by atoms with E-state index in [0.717, 1.165) is 26.1 Å². The Balaban J connectivity index is 2.76. The van der Waals surface area contributed by atoms with Gasteiger partial charge in [-0.05, 0) is 12.8 Å². The van der Waals surface area contributed by atoms with E-state index in [0.29, 0.717) is 20.0 Å². The Morgan fingerprint density at radius 2 is 1.38 bits per heavy atom. The highest BCUT2D eigenvalue weighted by atomic mass is 16.7. The number of methoxy groups -OCH3 is 2. The molecule has 13 heavy (non-hydrogen) atoms. The lowest BCUT2D eigenvalue weighted by molar-refractivity contribution is -0.0510. The van der Waals surface area contributed by atoms with Gasteiger partial charge in [0.15, 0.2) is 0 Å². The van der Waals surface area contributed by atoms with Crippen molar-refractivity contribution in [3.8, 4) is 0 Å². The Kier molecular flexibility index (Phi) is 11.7. The van der Waals surface area contributed by atoms with Crippen LogP contribution in [-0.2, 0) is 18.9 Å². The maximum absolute atomic E-state index is 5.29. The van der Waals surface area contributed by atoms with Gasteiger partial charge in [0.05, 0.1) is 13.2 Å². The van der Waals surface area contributed by atoms with Crippen molar-refractivity contribution in [3.63, 3.8) is 0 Å². The maximum atomic E-state index is 5.29. The molecular formula is C9H20O4. The summed E-state index contributed by atoms with van der Waals surface area (Å²) in [5.74, 6) is 0. The van der Waals surface area contributed by atoms with Crippen molar-refractivity contribution in [1.82, 2.24) is 0 Å². The molecule has 0 aromatic rings. The molecular weight excluding hydrogens is 172 g/mol. The summed E-state index contributed by atoms with van der Waals surface area (Å²) in [6.45, 7) is 3.16. The lowest BCUT2D eigenvalue weighted by atomic mass is 10.3. The zero-order valence-corrected chi connectivity index (χ0v) is 8.58. The van der Waals surface area contributed by atoms with Crippen LogP contribution < -0.4 is 0 Å². The van der Waals surface area contributed by atoms with E-state index in [1.807, 2.05) is 0 Å². The first kappa shape index (κ1) is 12.8. The van der Waals surface area contributed by atoms with E-state index in [1.165, 1.54) is 0 Å². The van der Waals surface area contributed by atoms with Crippen molar-refractivity contribution >= 4 is 0 Å². The van der Waals surface area contributed by atoms with Gasteiger partial charge in [-0.2, -0.15) is 0 Å². The lowest BCUT2D eigenvalue weighted by Crippen LogP contribution is -2.07. The highest BCUT2D eigenvalue weighted by molar-refractivity contribution is 4.37. The standard InChI is InChI=1S/C9H20O4/c1-10-5-3-4-6-12-7-8-13-9-11-2/h3-9H2,1-2H3. The predicted molar refractivity (Wildman–Crippen MR) is 49.8 cm³/mol. The molecule has 0 aliphatic rings. The molecule has 0 rings (SSSR count). The minimum absolute atomic E-state index is 0.340. The Labute approximate surface area is 80.1 Å². The lowest BCUT2D eigenvalue weighted by Gasteiger charge is -2.04. The first-order valence-electron chi connectivity index (χ1n) is 4.55. The molecule has 0 spiro atoms. The summed E-state index contributed by atoms with van der Waals surface area (Å²) < 4.78 is 19.9. The largest absolute Gasteiger partial charge is 0.385 e. The second-order valence-corrected chi connectivity index (χ2v) is 2.63. The van der Waals surface area contributed by atoms with Crippen molar-refractivity contribution in [1.29, 1.82) is 0 Å². The van der Waals surface area contributed by atoms with Crippen LogP contribution in [0, 0.1) is 0 Å². The molecule has 0 atom stereocenters. The minimum Gasteiger partial charge on any atom is -0.385 e. The Morgan fingerprint density at radius 1 is 0.692 bits per heavy atom. The van der Waals surface area contributed by atoms with Gasteiger partial charge in [-0.15, -0.1) is 0 Å². The van der Waals surface area contributed by atoms with Gasteiger partial charge >= 0.3 is 0 Å². The van der Waals surface area contributed by atoms with E-state index in [-0.39, 0.29) is 0 Å². The molecule has 0 aliphatic carbocycles. The van der Waals surface area contributed by atoms with Crippen molar-refractivity contribution in [3.05, 3.63) is 0 Å². The predicted octanol–water partition coefficient (Wildman–Crippen LogP) is 1.05. The third-order valence-corrected chi connectivity index (χ3v) is 1.46. The smallest absolute Gasteiger partial charge is 0.146 e. The Bertz CT molecular complexity index is 77.7. The van der Waals surface area contributed by atoms with Gasteiger partial charge in [-0.1, -0.05) is 0 Å². The van der Waals surface area contributed by atoms with Gasteiger partial charge in [0, 0.05) is 27.4 Å². The van der Waals surface area contributed by atoms with Crippen molar-refractivity contribution in [2.75, 3.05) is 47.4 Å². The molecule has 0 aromatic heterocycles. The van der Waals surface area contributed by atoms with Crippen LogP contribution >= 0.6 is 0 Å². The van der Waals surface area contributed by atoms with Crippen LogP contribution in [0.3, 0.4) is 0 Å². The highest BCUT2D eigenvalue weighted by Gasteiger charge is 1.90. The van der Waals surface area contributed by atoms with Gasteiger partial charge in [0.1, 0.15) is 6.79 Å². The number of unbranched alkanes of at least 4 members (excludes halogenated alkanes) is 1. The zero-order valence-electron chi connectivity index (χ0n) is 8.58. The van der Waals surface area contributed by atoms with Gasteiger partial charge in [0.25, 0.3) is 0 Å². The van der Waals surface area contributed by atoms with Crippen molar-refractivity contribution < 1.29 is 18.9 Å². The molecule has 80 valence electrons. The van der Waals surface area contributed by atoms with E-state index in [9.17, 15) is 0 Å². The molecule has 0 heterocycles. The van der Waals surface area contributed by atoms with Crippen LogP contribution in [0.15, 0.2) is 0 Å². The molecule has 0 saturated carbocycles. The average molecular weight is 192 g/mol. The van der Waals surface area contributed by atoms with Crippen molar-refractivity contribution in [2.45, 2.75) is 12.8 Å². The van der Waals surface area contributed by atoms with Crippen LogP contribution in [0.5, 0.6) is 0 Å². The Morgan fingerprint density at radius 3 is 2.08 bits per heavy atom. The van der Waals surface area contributed by atoms with Gasteiger partial charge < -0.3 is 18.9 Å². The van der Waals surface area contributed by atoms with Crippen LogP contribution in [0.4, 0.5) is 0 Å². The highest BCUT2D eigenvalue weighted by Crippen LogP contribution is 1.90. The average Bonchev–Trinajstić information content (AvgIpc) is 2.16. The summed E-state index contributed by atoms with van der Waals surface area (Å²) in [4.78, 5) is 0. The van der Waals surface area contributed by atoms with Crippen LogP contribution in [0.25, 0.3) is 0 Å². The minimum atomic E-state index is 0.340. The molecule has 4 heteroatoms. The third-order valence-electron chi connectivity index (χ3n) is 1.46. The second kappa shape index (κ2) is 11.8.